The van der Waals surface area contributed by atoms with Crippen LogP contribution < -0.4 is 5.32 Å². The van der Waals surface area contributed by atoms with Crippen LogP contribution in [-0.2, 0) is 0 Å². The van der Waals surface area contributed by atoms with Gasteiger partial charge in [0.25, 0.3) is 5.91 Å². The number of aromatic nitrogens is 1. The Bertz CT molecular complexity index is 417. The predicted molar refractivity (Wildman–Crippen MR) is 80.9 cm³/mol. The van der Waals surface area contributed by atoms with Crippen molar-refractivity contribution in [2.75, 3.05) is 36.5 Å². The van der Waals surface area contributed by atoms with Gasteiger partial charge in [0, 0.05) is 37.1 Å². The standard InChI is InChI=1S/C14H21N3OS/c1-2-5-15-13-11-12(4-6-16-13)14(18)17-7-3-9-19-10-8-17/h4,6,11H,2-3,5,7-10H2,1H3,(H,15,16). The van der Waals surface area contributed by atoms with E-state index in [9.17, 15) is 4.79 Å². The van der Waals surface area contributed by atoms with Crippen molar-refractivity contribution in [1.82, 2.24) is 9.88 Å². The second kappa shape index (κ2) is 7.38. The Morgan fingerprint density at radius 3 is 3.21 bits per heavy atom. The molecule has 1 amide bonds. The summed E-state index contributed by atoms with van der Waals surface area (Å²) in [6.45, 7) is 4.71. The van der Waals surface area contributed by atoms with Gasteiger partial charge in [0.2, 0.25) is 0 Å². The first kappa shape index (κ1) is 14.2. The molecule has 0 unspecified atom stereocenters. The van der Waals surface area contributed by atoms with Crippen LogP contribution in [0, 0.1) is 0 Å². The molecule has 1 aromatic heterocycles. The van der Waals surface area contributed by atoms with E-state index in [1.165, 1.54) is 0 Å². The van der Waals surface area contributed by atoms with Gasteiger partial charge in [-0.25, -0.2) is 4.98 Å². The predicted octanol–water partition coefficient (Wildman–Crippen LogP) is 2.48. The quantitative estimate of drug-likeness (QED) is 0.919. The molecule has 19 heavy (non-hydrogen) atoms. The van der Waals surface area contributed by atoms with Gasteiger partial charge in [-0.05, 0) is 30.7 Å². The minimum Gasteiger partial charge on any atom is -0.370 e. The molecule has 0 radical (unpaired) electrons. The highest BCUT2D eigenvalue weighted by molar-refractivity contribution is 7.99. The number of amides is 1. The molecule has 1 N–H and O–H groups in total. The fourth-order valence-corrected chi connectivity index (χ4v) is 2.93. The number of thioether (sulfide) groups is 1. The molecular formula is C14H21N3OS. The van der Waals surface area contributed by atoms with E-state index in [0.717, 1.165) is 55.4 Å². The van der Waals surface area contributed by atoms with Crippen LogP contribution in [-0.4, -0.2) is 46.9 Å². The molecule has 1 saturated heterocycles. The van der Waals surface area contributed by atoms with E-state index in [1.54, 1.807) is 12.3 Å². The molecule has 1 aromatic rings. The summed E-state index contributed by atoms with van der Waals surface area (Å²) in [5.74, 6) is 3.11. The van der Waals surface area contributed by atoms with E-state index in [1.807, 2.05) is 22.7 Å². The lowest BCUT2D eigenvalue weighted by Crippen LogP contribution is -2.33. The number of nitrogens with one attached hydrogen (secondary N) is 1. The van der Waals surface area contributed by atoms with Crippen LogP contribution in [0.5, 0.6) is 0 Å². The van der Waals surface area contributed by atoms with Gasteiger partial charge in [-0.1, -0.05) is 6.92 Å². The molecule has 1 aliphatic rings. The molecule has 0 aromatic carbocycles. The van der Waals surface area contributed by atoms with Crippen LogP contribution in [0.2, 0.25) is 0 Å². The minimum atomic E-state index is 0.129. The van der Waals surface area contributed by atoms with Gasteiger partial charge in [-0.15, -0.1) is 0 Å². The molecule has 2 rings (SSSR count). The van der Waals surface area contributed by atoms with Gasteiger partial charge in [0.1, 0.15) is 5.82 Å². The highest BCUT2D eigenvalue weighted by Crippen LogP contribution is 2.14. The number of anilines is 1. The van der Waals surface area contributed by atoms with Gasteiger partial charge < -0.3 is 10.2 Å². The van der Waals surface area contributed by atoms with Crippen LogP contribution in [0.1, 0.15) is 30.1 Å². The molecule has 0 bridgehead atoms. The monoisotopic (exact) mass is 279 g/mol. The van der Waals surface area contributed by atoms with Crippen molar-refractivity contribution < 1.29 is 4.79 Å². The fraction of sp³-hybridized carbons (Fsp3) is 0.571. The number of pyridine rings is 1. The first-order chi connectivity index (χ1) is 9.31. The summed E-state index contributed by atoms with van der Waals surface area (Å²) < 4.78 is 0. The average Bonchev–Trinajstić information content (AvgIpc) is 2.73. The van der Waals surface area contributed by atoms with Crippen LogP contribution in [0.4, 0.5) is 5.82 Å². The summed E-state index contributed by atoms with van der Waals surface area (Å²) in [6, 6.07) is 3.66. The van der Waals surface area contributed by atoms with Crippen LogP contribution in [0.25, 0.3) is 0 Å². The van der Waals surface area contributed by atoms with Crippen molar-refractivity contribution in [3.63, 3.8) is 0 Å². The largest absolute Gasteiger partial charge is 0.370 e. The first-order valence-corrected chi connectivity index (χ1v) is 8.03. The summed E-state index contributed by atoms with van der Waals surface area (Å²) in [4.78, 5) is 18.6. The zero-order valence-electron chi connectivity index (χ0n) is 11.4. The first-order valence-electron chi connectivity index (χ1n) is 6.88. The maximum absolute atomic E-state index is 12.4. The topological polar surface area (TPSA) is 45.2 Å². The van der Waals surface area contributed by atoms with Crippen molar-refractivity contribution in [3.8, 4) is 0 Å². The second-order valence-electron chi connectivity index (χ2n) is 4.61. The molecular weight excluding hydrogens is 258 g/mol. The summed E-state index contributed by atoms with van der Waals surface area (Å²) in [6.07, 6.45) is 3.84. The van der Waals surface area contributed by atoms with E-state index in [-0.39, 0.29) is 5.91 Å². The summed E-state index contributed by atoms with van der Waals surface area (Å²) in [5.41, 5.74) is 0.737. The zero-order valence-corrected chi connectivity index (χ0v) is 12.2. The molecule has 4 nitrogen and oxygen atoms in total. The average molecular weight is 279 g/mol. The molecule has 0 spiro atoms. The Morgan fingerprint density at radius 1 is 1.47 bits per heavy atom. The third kappa shape index (κ3) is 4.13. The SMILES string of the molecule is CCCNc1cc(C(=O)N2CCCSCC2)ccn1. The fourth-order valence-electron chi connectivity index (χ4n) is 2.05. The van der Waals surface area contributed by atoms with Crippen LogP contribution >= 0.6 is 11.8 Å². The van der Waals surface area contributed by atoms with E-state index in [2.05, 4.69) is 17.2 Å². The summed E-state index contributed by atoms with van der Waals surface area (Å²) in [7, 11) is 0. The van der Waals surface area contributed by atoms with Crippen molar-refractivity contribution in [2.24, 2.45) is 0 Å². The van der Waals surface area contributed by atoms with Gasteiger partial charge in [0.05, 0.1) is 0 Å². The highest BCUT2D eigenvalue weighted by Gasteiger charge is 2.17. The third-order valence-corrected chi connectivity index (χ3v) is 4.12. The lowest BCUT2D eigenvalue weighted by molar-refractivity contribution is 0.0768. The summed E-state index contributed by atoms with van der Waals surface area (Å²) >= 11 is 1.93. The Morgan fingerprint density at radius 2 is 2.37 bits per heavy atom. The van der Waals surface area contributed by atoms with Crippen molar-refractivity contribution >= 4 is 23.5 Å². The maximum atomic E-state index is 12.4. The van der Waals surface area contributed by atoms with Gasteiger partial charge in [-0.2, -0.15) is 11.8 Å². The van der Waals surface area contributed by atoms with E-state index < -0.39 is 0 Å². The van der Waals surface area contributed by atoms with E-state index in [4.69, 9.17) is 0 Å². The third-order valence-electron chi connectivity index (χ3n) is 3.07. The Balaban J connectivity index is 2.04. The minimum absolute atomic E-state index is 0.129. The van der Waals surface area contributed by atoms with Gasteiger partial charge in [-0.3, -0.25) is 4.79 Å². The Hall–Kier alpha value is -1.23. The molecule has 0 atom stereocenters. The summed E-state index contributed by atoms with van der Waals surface area (Å²) in [5, 5.41) is 3.22. The van der Waals surface area contributed by atoms with Crippen LogP contribution in [0.15, 0.2) is 18.3 Å². The molecule has 0 aliphatic carbocycles. The molecule has 0 saturated carbocycles. The highest BCUT2D eigenvalue weighted by atomic mass is 32.2. The Labute approximate surface area is 119 Å². The lowest BCUT2D eigenvalue weighted by atomic mass is 10.2. The van der Waals surface area contributed by atoms with E-state index >= 15 is 0 Å². The normalized spacial score (nSPS) is 15.9. The second-order valence-corrected chi connectivity index (χ2v) is 5.84. The number of carbonyl (C=O) groups is 1. The molecule has 2 heterocycles. The maximum Gasteiger partial charge on any atom is 0.254 e. The number of rotatable bonds is 4. The lowest BCUT2D eigenvalue weighted by Gasteiger charge is -2.20. The number of hydrogen-bond acceptors (Lipinski definition) is 4. The number of nitrogens with zero attached hydrogens (tertiary/aromatic N) is 2. The number of carbonyl (C=O) groups excluding carboxylic acids is 1. The van der Waals surface area contributed by atoms with E-state index in [0.29, 0.717) is 0 Å². The van der Waals surface area contributed by atoms with Crippen molar-refractivity contribution in [1.29, 1.82) is 0 Å². The van der Waals surface area contributed by atoms with Crippen molar-refractivity contribution in [2.45, 2.75) is 19.8 Å². The molecule has 5 heteroatoms. The molecule has 1 fully saturated rings. The van der Waals surface area contributed by atoms with Gasteiger partial charge in [0.15, 0.2) is 0 Å². The molecule has 1 aliphatic heterocycles. The van der Waals surface area contributed by atoms with Crippen molar-refractivity contribution in [3.05, 3.63) is 23.9 Å². The zero-order chi connectivity index (χ0) is 13.5. The Kier molecular flexibility index (Phi) is 5.51. The smallest absolute Gasteiger partial charge is 0.254 e. The number of hydrogen-bond donors (Lipinski definition) is 1. The van der Waals surface area contributed by atoms with Gasteiger partial charge >= 0.3 is 0 Å². The van der Waals surface area contributed by atoms with Crippen LogP contribution in [0.3, 0.4) is 0 Å². The molecule has 104 valence electrons.